The summed E-state index contributed by atoms with van der Waals surface area (Å²) in [6.45, 7) is 0. The van der Waals surface area contributed by atoms with Crippen LogP contribution in [0, 0.1) is 0 Å². The molecule has 0 spiro atoms. The first kappa shape index (κ1) is 21.3. The lowest BCUT2D eigenvalue weighted by atomic mass is 10.0. The van der Waals surface area contributed by atoms with Crippen molar-refractivity contribution in [3.8, 4) is 11.4 Å². The van der Waals surface area contributed by atoms with Crippen LogP contribution in [0.25, 0.3) is 21.2 Å². The zero-order valence-corrected chi connectivity index (χ0v) is 16.7. The van der Waals surface area contributed by atoms with Crippen LogP contribution in [0.2, 0.25) is 0 Å². The summed E-state index contributed by atoms with van der Waals surface area (Å²) >= 11 is 0. The lowest BCUT2D eigenvalue weighted by Crippen LogP contribution is -2.13. The van der Waals surface area contributed by atoms with Gasteiger partial charge in [-0.1, -0.05) is 36.4 Å². The number of nitrogen functional groups attached to an aromatic ring is 2. The fourth-order valence-electron chi connectivity index (χ4n) is 2.77. The Morgan fingerprint density at radius 1 is 0.767 bits per heavy atom. The number of nitrogens with two attached hydrogens (primary N) is 2. The van der Waals surface area contributed by atoms with E-state index in [1.54, 1.807) is 6.07 Å². The fourth-order valence-corrected chi connectivity index (χ4v) is 4.99. The first-order chi connectivity index (χ1) is 14.0. The van der Waals surface area contributed by atoms with Gasteiger partial charge in [0.1, 0.15) is 22.5 Å². The highest BCUT2D eigenvalue weighted by molar-refractivity contribution is 8.01. The third kappa shape index (κ3) is 4.13. The summed E-state index contributed by atoms with van der Waals surface area (Å²) in [5.41, 5.74) is 11.1. The first-order valence-corrected chi connectivity index (χ1v) is 10.9. The van der Waals surface area contributed by atoms with Crippen molar-refractivity contribution in [1.82, 2.24) is 15.0 Å². The van der Waals surface area contributed by atoms with E-state index in [9.17, 15) is 25.9 Å². The average molecular weight is 449 g/mol. The van der Waals surface area contributed by atoms with Crippen molar-refractivity contribution in [1.29, 1.82) is 0 Å². The monoisotopic (exact) mass is 449 g/mol. The Morgan fingerprint density at radius 2 is 1.33 bits per heavy atom. The Labute approximate surface area is 171 Å². The van der Waals surface area contributed by atoms with Crippen LogP contribution in [-0.2, 0) is 20.2 Å². The third-order valence-electron chi connectivity index (χ3n) is 4.02. The minimum absolute atomic E-state index is 0.135. The van der Waals surface area contributed by atoms with Gasteiger partial charge in [0.15, 0.2) is 5.82 Å². The van der Waals surface area contributed by atoms with Crippen LogP contribution in [0.5, 0.6) is 0 Å². The molecule has 0 saturated carbocycles. The van der Waals surface area contributed by atoms with Crippen LogP contribution in [0.1, 0.15) is 11.1 Å². The van der Waals surface area contributed by atoms with E-state index in [2.05, 4.69) is 15.0 Å². The van der Waals surface area contributed by atoms with Gasteiger partial charge in [0.25, 0.3) is 20.2 Å². The zero-order chi connectivity index (χ0) is 22.1. The van der Waals surface area contributed by atoms with E-state index in [1.165, 1.54) is 43.0 Å². The summed E-state index contributed by atoms with van der Waals surface area (Å²) < 4.78 is 68.2. The SMILES string of the molecule is Nc1c(C(=C(c2ccccc2)S(=O)(=O)O)S(=O)(=O)O)ccc(-c2ncncn2)c1N. The maximum Gasteiger partial charge on any atom is 0.296 e. The van der Waals surface area contributed by atoms with Crippen molar-refractivity contribution < 1.29 is 25.9 Å². The standard InChI is InChI=1S/C17H15N5O6S2/c18-13-11(6-7-12(14(13)19)17-21-8-20-9-22-17)16(30(26,27)28)15(29(23,24)25)10-4-2-1-3-5-10/h1-9H,18-19H2,(H,23,24,25)(H,26,27,28). The summed E-state index contributed by atoms with van der Waals surface area (Å²) in [6, 6.07) is 9.30. The molecule has 30 heavy (non-hydrogen) atoms. The van der Waals surface area contributed by atoms with Crippen LogP contribution >= 0.6 is 0 Å². The molecule has 0 bridgehead atoms. The van der Waals surface area contributed by atoms with Crippen molar-refractivity contribution in [2.24, 2.45) is 0 Å². The van der Waals surface area contributed by atoms with Gasteiger partial charge < -0.3 is 11.5 Å². The van der Waals surface area contributed by atoms with Crippen LogP contribution < -0.4 is 11.5 Å². The first-order valence-electron chi connectivity index (χ1n) is 8.07. The van der Waals surface area contributed by atoms with E-state index >= 15 is 0 Å². The van der Waals surface area contributed by atoms with Gasteiger partial charge in [-0.15, -0.1) is 0 Å². The molecule has 1 heterocycles. The van der Waals surface area contributed by atoms with E-state index < -0.39 is 35.6 Å². The quantitative estimate of drug-likeness (QED) is 0.248. The van der Waals surface area contributed by atoms with Gasteiger partial charge in [-0.3, -0.25) is 9.11 Å². The normalized spacial score (nSPS) is 13.0. The molecule has 6 N–H and O–H groups in total. The highest BCUT2D eigenvalue weighted by Crippen LogP contribution is 2.40. The van der Waals surface area contributed by atoms with Crippen molar-refractivity contribution in [2.75, 3.05) is 11.5 Å². The molecule has 3 aromatic rings. The van der Waals surface area contributed by atoms with Gasteiger partial charge in [0.2, 0.25) is 0 Å². The van der Waals surface area contributed by atoms with Crippen molar-refractivity contribution >= 4 is 41.4 Å². The molecule has 0 aliphatic rings. The van der Waals surface area contributed by atoms with E-state index in [4.69, 9.17) is 11.5 Å². The van der Waals surface area contributed by atoms with Gasteiger partial charge in [-0.2, -0.15) is 16.8 Å². The lowest BCUT2D eigenvalue weighted by Gasteiger charge is -2.16. The predicted octanol–water partition coefficient (Wildman–Crippen LogP) is 1.30. The van der Waals surface area contributed by atoms with E-state index in [0.717, 1.165) is 6.07 Å². The molecule has 0 saturated heterocycles. The van der Waals surface area contributed by atoms with E-state index in [-0.39, 0.29) is 28.3 Å². The highest BCUT2D eigenvalue weighted by atomic mass is 32.2. The molecule has 3 rings (SSSR count). The molecule has 13 heteroatoms. The van der Waals surface area contributed by atoms with Crippen LogP contribution in [0.15, 0.2) is 55.1 Å². The van der Waals surface area contributed by atoms with Crippen LogP contribution in [0.3, 0.4) is 0 Å². The molecule has 1 aromatic heterocycles. The molecule has 0 radical (unpaired) electrons. The fraction of sp³-hybridized carbons (Fsp3) is 0. The second-order valence-corrected chi connectivity index (χ2v) is 8.64. The van der Waals surface area contributed by atoms with Gasteiger partial charge in [-0.05, 0) is 11.6 Å². The van der Waals surface area contributed by atoms with Gasteiger partial charge >= 0.3 is 0 Å². The van der Waals surface area contributed by atoms with Crippen molar-refractivity contribution in [2.45, 2.75) is 0 Å². The number of benzene rings is 2. The van der Waals surface area contributed by atoms with Crippen LogP contribution in [0.4, 0.5) is 11.4 Å². The van der Waals surface area contributed by atoms with Crippen LogP contribution in [-0.4, -0.2) is 40.9 Å². The van der Waals surface area contributed by atoms with E-state index in [0.29, 0.717) is 0 Å². The third-order valence-corrected chi connectivity index (χ3v) is 6.05. The van der Waals surface area contributed by atoms with E-state index in [1.807, 2.05) is 0 Å². The molecular weight excluding hydrogens is 434 g/mol. The highest BCUT2D eigenvalue weighted by Gasteiger charge is 2.32. The smallest absolute Gasteiger partial charge is 0.296 e. The number of hydrogen-bond acceptors (Lipinski definition) is 9. The molecule has 11 nitrogen and oxygen atoms in total. The summed E-state index contributed by atoms with van der Waals surface area (Å²) in [5.74, 6) is 0.135. The predicted molar refractivity (Wildman–Crippen MR) is 110 cm³/mol. The second kappa shape index (κ2) is 7.79. The molecule has 0 amide bonds. The molecule has 0 unspecified atom stereocenters. The number of aromatic nitrogens is 3. The van der Waals surface area contributed by atoms with Crippen molar-refractivity contribution in [3.63, 3.8) is 0 Å². The molecule has 0 fully saturated rings. The summed E-state index contributed by atoms with van der Waals surface area (Å²) in [6.07, 6.45) is 2.42. The average Bonchev–Trinajstić information content (AvgIpc) is 2.68. The number of rotatable bonds is 5. The largest absolute Gasteiger partial charge is 0.397 e. The van der Waals surface area contributed by atoms with Gasteiger partial charge in [-0.25, -0.2) is 15.0 Å². The lowest BCUT2D eigenvalue weighted by molar-refractivity contribution is 0.491. The van der Waals surface area contributed by atoms with Gasteiger partial charge in [0, 0.05) is 11.1 Å². The molecule has 0 aliphatic carbocycles. The van der Waals surface area contributed by atoms with Gasteiger partial charge in [0.05, 0.1) is 11.4 Å². The minimum atomic E-state index is -5.20. The maximum absolute atomic E-state index is 12.2. The number of nitrogens with zero attached hydrogens (tertiary/aromatic N) is 3. The molecule has 0 aliphatic heterocycles. The number of anilines is 2. The summed E-state index contributed by atoms with van der Waals surface area (Å²) in [5, 5.41) is 0. The Balaban J connectivity index is 2.41. The van der Waals surface area contributed by atoms with Crippen molar-refractivity contribution in [3.05, 3.63) is 66.2 Å². The summed E-state index contributed by atoms with van der Waals surface area (Å²) in [7, 11) is -10.3. The molecule has 0 atom stereocenters. The molecule has 2 aromatic carbocycles. The second-order valence-electron chi connectivity index (χ2n) is 5.92. The molecule has 156 valence electrons. The Morgan fingerprint density at radius 3 is 1.87 bits per heavy atom. The Bertz CT molecular complexity index is 1340. The maximum atomic E-state index is 12.2. The Hall–Kier alpha value is -3.39. The Kier molecular flexibility index (Phi) is 5.54. The minimum Gasteiger partial charge on any atom is -0.397 e. The topological polar surface area (TPSA) is 199 Å². The molecular formula is C17H15N5O6S2. The zero-order valence-electron chi connectivity index (χ0n) is 15.0. The summed E-state index contributed by atoms with van der Waals surface area (Å²) in [4.78, 5) is 9.35. The number of hydrogen-bond donors (Lipinski definition) is 4.